The lowest BCUT2D eigenvalue weighted by molar-refractivity contribution is -0.143. The summed E-state index contributed by atoms with van der Waals surface area (Å²) in [6.07, 6.45) is 4.47. The molecule has 0 saturated carbocycles. The largest absolute Gasteiger partial charge is 0.494 e. The van der Waals surface area contributed by atoms with Crippen molar-refractivity contribution in [1.82, 2.24) is 0 Å². The third-order valence-electron chi connectivity index (χ3n) is 3.62. The van der Waals surface area contributed by atoms with Crippen LogP contribution in [0, 0.1) is 0 Å². The molecule has 1 unspecified atom stereocenters. The van der Waals surface area contributed by atoms with Crippen molar-refractivity contribution in [2.45, 2.75) is 44.6 Å². The van der Waals surface area contributed by atoms with Gasteiger partial charge in [0.1, 0.15) is 5.75 Å². The fourth-order valence-electron chi connectivity index (χ4n) is 2.13. The van der Waals surface area contributed by atoms with E-state index in [1.807, 2.05) is 24.3 Å². The van der Waals surface area contributed by atoms with E-state index < -0.39 is 11.6 Å². The third-order valence-corrected chi connectivity index (χ3v) is 3.62. The number of rotatable bonds is 9. The molecule has 4 heteroatoms. The molecule has 0 aromatic heterocycles. The molecule has 0 amide bonds. The Morgan fingerprint density at radius 1 is 1.35 bits per heavy atom. The monoisotopic (exact) mass is 278 g/mol. The fourth-order valence-corrected chi connectivity index (χ4v) is 2.13. The van der Waals surface area contributed by atoms with Gasteiger partial charge in [0.25, 0.3) is 0 Å². The number of aliphatic carboxylic acids is 1. The fraction of sp³-hybridized carbons (Fsp3) is 0.562. The van der Waals surface area contributed by atoms with Gasteiger partial charge in [-0.1, -0.05) is 25.5 Å². The number of hydrogen-bond donors (Lipinski definition) is 1. The average Bonchev–Trinajstić information content (AvgIpc) is 3.22. The quantitative estimate of drug-likeness (QED) is 0.557. The zero-order valence-electron chi connectivity index (χ0n) is 11.9. The van der Waals surface area contributed by atoms with Crippen molar-refractivity contribution in [2.75, 3.05) is 13.2 Å². The lowest BCUT2D eigenvalue weighted by Gasteiger charge is -2.08. The summed E-state index contributed by atoms with van der Waals surface area (Å²) in [5, 5.41) is 9.00. The Hall–Kier alpha value is -1.55. The van der Waals surface area contributed by atoms with E-state index in [0.29, 0.717) is 13.0 Å². The molecule has 0 spiro atoms. The number of carboxylic acid groups (broad SMARTS) is 1. The number of aryl methyl sites for hydroxylation is 1. The van der Waals surface area contributed by atoms with Gasteiger partial charge in [0.05, 0.1) is 13.2 Å². The second-order valence-electron chi connectivity index (χ2n) is 5.29. The first-order chi connectivity index (χ1) is 9.66. The maximum absolute atomic E-state index is 11.0. The molecule has 2 rings (SSSR count). The normalized spacial score (nSPS) is 20.6. The highest BCUT2D eigenvalue weighted by molar-refractivity contribution is 5.80. The molecule has 1 heterocycles. The van der Waals surface area contributed by atoms with Gasteiger partial charge in [0.15, 0.2) is 5.60 Å². The lowest BCUT2D eigenvalue weighted by atomic mass is 10.0. The van der Waals surface area contributed by atoms with Crippen molar-refractivity contribution >= 4 is 5.97 Å². The highest BCUT2D eigenvalue weighted by Gasteiger charge is 2.51. The SMILES string of the molecule is CCCCOc1ccc(CCCC2(C(=O)O)CO2)cc1. The van der Waals surface area contributed by atoms with Crippen molar-refractivity contribution in [3.63, 3.8) is 0 Å². The number of benzene rings is 1. The first-order valence-corrected chi connectivity index (χ1v) is 7.25. The minimum atomic E-state index is -0.886. The van der Waals surface area contributed by atoms with Gasteiger partial charge in [-0.15, -0.1) is 0 Å². The van der Waals surface area contributed by atoms with Crippen molar-refractivity contribution in [2.24, 2.45) is 0 Å². The Kier molecular flexibility index (Phi) is 5.01. The van der Waals surface area contributed by atoms with E-state index in [-0.39, 0.29) is 0 Å². The Morgan fingerprint density at radius 2 is 2.05 bits per heavy atom. The molecule has 1 N–H and O–H groups in total. The Morgan fingerprint density at radius 3 is 2.60 bits per heavy atom. The van der Waals surface area contributed by atoms with E-state index >= 15 is 0 Å². The molecule has 1 fully saturated rings. The van der Waals surface area contributed by atoms with Crippen LogP contribution in [0.5, 0.6) is 5.75 Å². The second kappa shape index (κ2) is 6.75. The number of ether oxygens (including phenoxy) is 2. The maximum Gasteiger partial charge on any atom is 0.338 e. The first kappa shape index (κ1) is 14.9. The summed E-state index contributed by atoms with van der Waals surface area (Å²) in [5.41, 5.74) is 0.317. The number of epoxide rings is 1. The van der Waals surface area contributed by atoms with Gasteiger partial charge in [0, 0.05) is 0 Å². The van der Waals surface area contributed by atoms with Crippen LogP contribution in [0.25, 0.3) is 0 Å². The lowest BCUT2D eigenvalue weighted by Crippen LogP contribution is -2.23. The predicted molar refractivity (Wildman–Crippen MR) is 76.1 cm³/mol. The summed E-state index contributed by atoms with van der Waals surface area (Å²) in [7, 11) is 0. The first-order valence-electron chi connectivity index (χ1n) is 7.25. The van der Waals surface area contributed by atoms with Crippen LogP contribution in [-0.2, 0) is 16.0 Å². The smallest absolute Gasteiger partial charge is 0.338 e. The highest BCUT2D eigenvalue weighted by Crippen LogP contribution is 2.33. The molecular formula is C16H22O4. The topological polar surface area (TPSA) is 59.1 Å². The van der Waals surface area contributed by atoms with Crippen LogP contribution in [0.15, 0.2) is 24.3 Å². The van der Waals surface area contributed by atoms with E-state index in [1.54, 1.807) is 0 Å². The molecule has 110 valence electrons. The van der Waals surface area contributed by atoms with Gasteiger partial charge in [0.2, 0.25) is 0 Å². The Labute approximate surface area is 119 Å². The van der Waals surface area contributed by atoms with Crippen LogP contribution in [0.1, 0.15) is 38.2 Å². The van der Waals surface area contributed by atoms with Crippen LogP contribution < -0.4 is 4.74 Å². The van der Waals surface area contributed by atoms with E-state index in [2.05, 4.69) is 6.92 Å². The van der Waals surface area contributed by atoms with Crippen LogP contribution in [0.4, 0.5) is 0 Å². The maximum atomic E-state index is 11.0. The van der Waals surface area contributed by atoms with Crippen molar-refractivity contribution in [3.8, 4) is 5.75 Å². The average molecular weight is 278 g/mol. The van der Waals surface area contributed by atoms with Gasteiger partial charge in [-0.2, -0.15) is 0 Å². The van der Waals surface area contributed by atoms with Crippen molar-refractivity contribution in [1.29, 1.82) is 0 Å². The molecule has 0 radical (unpaired) electrons. The summed E-state index contributed by atoms with van der Waals surface area (Å²) in [5.74, 6) is 0.0619. The third kappa shape index (κ3) is 3.97. The van der Waals surface area contributed by atoms with E-state index in [9.17, 15) is 4.79 Å². The summed E-state index contributed by atoms with van der Waals surface area (Å²) in [6.45, 7) is 3.25. The van der Waals surface area contributed by atoms with Gasteiger partial charge < -0.3 is 14.6 Å². The zero-order chi connectivity index (χ0) is 14.4. The van der Waals surface area contributed by atoms with Crippen molar-refractivity contribution in [3.05, 3.63) is 29.8 Å². The molecule has 4 nitrogen and oxygen atoms in total. The molecule has 1 atom stereocenters. The second-order valence-corrected chi connectivity index (χ2v) is 5.29. The van der Waals surface area contributed by atoms with Crippen molar-refractivity contribution < 1.29 is 19.4 Å². The van der Waals surface area contributed by atoms with Crippen LogP contribution in [-0.4, -0.2) is 29.9 Å². The standard InChI is InChI=1S/C16H22O4/c1-2-3-11-19-14-8-6-13(7-9-14)5-4-10-16(12-20-16)15(17)18/h6-9H,2-5,10-12H2,1H3,(H,17,18). The van der Waals surface area contributed by atoms with Crippen LogP contribution in [0.3, 0.4) is 0 Å². The summed E-state index contributed by atoms with van der Waals surface area (Å²) < 4.78 is 10.7. The molecule has 0 aliphatic carbocycles. The Balaban J connectivity index is 1.72. The number of hydrogen-bond acceptors (Lipinski definition) is 3. The molecule has 1 aliphatic rings. The van der Waals surface area contributed by atoms with Gasteiger partial charge in [-0.25, -0.2) is 4.79 Å². The summed E-state index contributed by atoms with van der Waals surface area (Å²) in [6, 6.07) is 8.04. The zero-order valence-corrected chi connectivity index (χ0v) is 11.9. The number of unbranched alkanes of at least 4 members (excludes halogenated alkanes) is 1. The molecule has 1 aromatic rings. The van der Waals surface area contributed by atoms with E-state index in [0.717, 1.165) is 38.0 Å². The van der Waals surface area contributed by atoms with Crippen LogP contribution >= 0.6 is 0 Å². The predicted octanol–water partition coefficient (Wildman–Crippen LogP) is 3.04. The minimum Gasteiger partial charge on any atom is -0.494 e. The van der Waals surface area contributed by atoms with E-state index in [1.165, 1.54) is 5.56 Å². The summed E-state index contributed by atoms with van der Waals surface area (Å²) in [4.78, 5) is 11.0. The summed E-state index contributed by atoms with van der Waals surface area (Å²) >= 11 is 0. The highest BCUT2D eigenvalue weighted by atomic mass is 16.6. The van der Waals surface area contributed by atoms with Gasteiger partial charge in [-0.05, 0) is 43.4 Å². The van der Waals surface area contributed by atoms with Crippen LogP contribution in [0.2, 0.25) is 0 Å². The molecular weight excluding hydrogens is 256 g/mol. The van der Waals surface area contributed by atoms with Gasteiger partial charge >= 0.3 is 5.97 Å². The minimum absolute atomic E-state index is 0.354. The molecule has 1 aliphatic heterocycles. The molecule has 1 saturated heterocycles. The molecule has 0 bridgehead atoms. The number of carbonyl (C=O) groups is 1. The molecule has 1 aromatic carbocycles. The number of carboxylic acids is 1. The Bertz CT molecular complexity index is 434. The van der Waals surface area contributed by atoms with Gasteiger partial charge in [-0.3, -0.25) is 0 Å². The molecule has 20 heavy (non-hydrogen) atoms. The van der Waals surface area contributed by atoms with E-state index in [4.69, 9.17) is 14.6 Å².